The van der Waals surface area contributed by atoms with E-state index in [0.29, 0.717) is 5.56 Å². The highest BCUT2D eigenvalue weighted by Crippen LogP contribution is 2.25. The molecule has 2 amide bonds. The van der Waals surface area contributed by atoms with Crippen LogP contribution in [0.3, 0.4) is 0 Å². The van der Waals surface area contributed by atoms with E-state index in [1.807, 2.05) is 98.8 Å². The van der Waals surface area contributed by atoms with Crippen LogP contribution in [0.4, 0.5) is 5.69 Å². The molecule has 5 aromatic rings. The minimum absolute atomic E-state index is 0.109. The number of hydrogen-bond donors (Lipinski definition) is 2. The van der Waals surface area contributed by atoms with Crippen LogP contribution in [0.2, 0.25) is 0 Å². The van der Waals surface area contributed by atoms with Crippen LogP contribution in [0.5, 0.6) is 0 Å². The average molecular weight is 502 g/mol. The molecule has 0 unspecified atom stereocenters. The van der Waals surface area contributed by atoms with Crippen molar-refractivity contribution in [3.05, 3.63) is 114 Å². The molecule has 0 atom stereocenters. The summed E-state index contributed by atoms with van der Waals surface area (Å²) < 4.78 is 2.10. The molecule has 0 radical (unpaired) electrons. The molecule has 0 aliphatic rings. The zero-order valence-corrected chi connectivity index (χ0v) is 21.4. The van der Waals surface area contributed by atoms with E-state index in [-0.39, 0.29) is 11.8 Å². The van der Waals surface area contributed by atoms with Gasteiger partial charge in [0.1, 0.15) is 0 Å². The number of amides is 2. The first kappa shape index (κ1) is 24.6. The molecule has 7 nitrogen and oxygen atoms in total. The Morgan fingerprint density at radius 1 is 0.895 bits per heavy atom. The van der Waals surface area contributed by atoms with Crippen LogP contribution in [0, 0.1) is 13.8 Å². The van der Waals surface area contributed by atoms with Gasteiger partial charge in [0, 0.05) is 46.2 Å². The average Bonchev–Trinajstić information content (AvgIpc) is 3.21. The van der Waals surface area contributed by atoms with Crippen molar-refractivity contribution >= 4 is 34.6 Å². The maximum Gasteiger partial charge on any atom is 0.272 e. The summed E-state index contributed by atoms with van der Waals surface area (Å²) >= 11 is 0. The van der Waals surface area contributed by atoms with Crippen LogP contribution in [0.25, 0.3) is 27.8 Å². The van der Waals surface area contributed by atoms with Crippen molar-refractivity contribution < 1.29 is 9.59 Å². The summed E-state index contributed by atoms with van der Waals surface area (Å²) in [4.78, 5) is 29.3. The highest BCUT2D eigenvalue weighted by molar-refractivity contribution is 6.07. The number of nitrogens with one attached hydrogen (secondary N) is 2. The van der Waals surface area contributed by atoms with Gasteiger partial charge in [0.25, 0.3) is 5.91 Å². The molecular weight excluding hydrogens is 474 g/mol. The number of hydrogen-bond acceptors (Lipinski definition) is 4. The van der Waals surface area contributed by atoms with Gasteiger partial charge in [0.15, 0.2) is 0 Å². The molecule has 38 heavy (non-hydrogen) atoms. The Labute approximate surface area is 220 Å². The number of aromatic nitrogens is 2. The lowest BCUT2D eigenvalue weighted by atomic mass is 10.0. The summed E-state index contributed by atoms with van der Waals surface area (Å²) in [5.41, 5.74) is 10.2. The van der Waals surface area contributed by atoms with Crippen LogP contribution in [0.15, 0.2) is 96.1 Å². The lowest BCUT2D eigenvalue weighted by Gasteiger charge is -2.11. The van der Waals surface area contributed by atoms with E-state index in [2.05, 4.69) is 20.4 Å². The molecule has 0 saturated carbocycles. The third-order valence-electron chi connectivity index (χ3n) is 6.32. The maximum absolute atomic E-state index is 13.2. The highest BCUT2D eigenvalue weighted by Gasteiger charge is 2.14. The van der Waals surface area contributed by atoms with E-state index in [0.717, 1.165) is 50.5 Å². The fourth-order valence-corrected chi connectivity index (χ4v) is 4.55. The van der Waals surface area contributed by atoms with E-state index < -0.39 is 0 Å². The van der Waals surface area contributed by atoms with E-state index in [9.17, 15) is 9.59 Å². The van der Waals surface area contributed by atoms with Crippen molar-refractivity contribution in [2.45, 2.75) is 20.8 Å². The number of anilines is 1. The van der Waals surface area contributed by atoms with Gasteiger partial charge in [0.05, 0.1) is 23.0 Å². The summed E-state index contributed by atoms with van der Waals surface area (Å²) in [7, 11) is 0. The fraction of sp³-hybridized carbons (Fsp3) is 0.0968. The number of nitrogens with zero attached hydrogens (tertiary/aromatic N) is 3. The Bertz CT molecular complexity index is 1670. The number of rotatable bonds is 6. The number of para-hydroxylation sites is 1. The second kappa shape index (κ2) is 10.5. The number of pyridine rings is 1. The number of aryl methyl sites for hydroxylation is 1. The molecule has 0 bridgehead atoms. The number of hydrazone groups is 1. The molecule has 2 aromatic heterocycles. The highest BCUT2D eigenvalue weighted by atomic mass is 16.2. The van der Waals surface area contributed by atoms with Crippen molar-refractivity contribution in [2.75, 3.05) is 5.32 Å². The van der Waals surface area contributed by atoms with Gasteiger partial charge in [-0.2, -0.15) is 5.10 Å². The standard InChI is InChI=1S/C31H27N5O2/c1-20-17-24(21(2)36(20)26-15-13-25(14-16-26)33-22(3)37)19-32-35-31(38)28-18-30(23-9-5-4-6-10-23)34-29-12-8-7-11-27(28)29/h4-19H,1-3H3,(H,33,37)(H,35,38)/b32-19+. The van der Waals surface area contributed by atoms with Crippen molar-refractivity contribution in [2.24, 2.45) is 5.10 Å². The predicted octanol–water partition coefficient (Wildman–Crippen LogP) is 6.03. The summed E-state index contributed by atoms with van der Waals surface area (Å²) in [6.45, 7) is 5.50. The summed E-state index contributed by atoms with van der Waals surface area (Å²) in [6, 6.07) is 28.8. The number of fused-ring (bicyclic) bond motifs is 1. The minimum Gasteiger partial charge on any atom is -0.326 e. The first-order valence-corrected chi connectivity index (χ1v) is 12.3. The normalized spacial score (nSPS) is 11.1. The monoisotopic (exact) mass is 501 g/mol. The second-order valence-corrected chi connectivity index (χ2v) is 9.03. The van der Waals surface area contributed by atoms with Gasteiger partial charge in [-0.3, -0.25) is 9.59 Å². The van der Waals surface area contributed by atoms with E-state index in [1.165, 1.54) is 6.92 Å². The van der Waals surface area contributed by atoms with Gasteiger partial charge >= 0.3 is 0 Å². The van der Waals surface area contributed by atoms with Crippen LogP contribution in [0.1, 0.15) is 34.2 Å². The minimum atomic E-state index is -0.306. The molecule has 5 rings (SSSR count). The number of benzene rings is 3. The lowest BCUT2D eigenvalue weighted by molar-refractivity contribution is -0.114. The molecule has 3 aromatic carbocycles. The van der Waals surface area contributed by atoms with Crippen molar-refractivity contribution in [1.82, 2.24) is 15.0 Å². The van der Waals surface area contributed by atoms with E-state index in [4.69, 9.17) is 4.98 Å². The Hall–Kier alpha value is -5.04. The fourth-order valence-electron chi connectivity index (χ4n) is 4.55. The quantitative estimate of drug-likeness (QED) is 0.220. The third-order valence-corrected chi connectivity index (χ3v) is 6.32. The van der Waals surface area contributed by atoms with E-state index >= 15 is 0 Å². The lowest BCUT2D eigenvalue weighted by Crippen LogP contribution is -2.18. The van der Waals surface area contributed by atoms with Gasteiger partial charge in [-0.05, 0) is 56.3 Å². The van der Waals surface area contributed by atoms with Crippen LogP contribution in [-0.2, 0) is 4.79 Å². The largest absolute Gasteiger partial charge is 0.326 e. The first-order valence-electron chi connectivity index (χ1n) is 12.3. The van der Waals surface area contributed by atoms with Gasteiger partial charge in [-0.25, -0.2) is 10.4 Å². The molecule has 0 spiro atoms. The molecule has 2 heterocycles. The van der Waals surface area contributed by atoms with Gasteiger partial charge in [-0.1, -0.05) is 48.5 Å². The molecule has 0 saturated heterocycles. The Morgan fingerprint density at radius 3 is 2.34 bits per heavy atom. The van der Waals surface area contributed by atoms with Crippen molar-refractivity contribution in [3.8, 4) is 16.9 Å². The summed E-state index contributed by atoms with van der Waals surface area (Å²) in [5, 5.41) is 7.82. The molecular formula is C31H27N5O2. The Morgan fingerprint density at radius 2 is 1.61 bits per heavy atom. The predicted molar refractivity (Wildman–Crippen MR) is 152 cm³/mol. The molecule has 0 aliphatic heterocycles. The van der Waals surface area contributed by atoms with Gasteiger partial charge in [-0.15, -0.1) is 0 Å². The van der Waals surface area contributed by atoms with Crippen LogP contribution in [-0.4, -0.2) is 27.6 Å². The Kier molecular flexibility index (Phi) is 6.82. The van der Waals surface area contributed by atoms with Gasteiger partial charge < -0.3 is 9.88 Å². The first-order chi connectivity index (χ1) is 18.4. The Balaban J connectivity index is 1.39. The molecule has 188 valence electrons. The number of carbonyl (C=O) groups excluding carboxylic acids is 2. The third kappa shape index (κ3) is 5.08. The zero-order valence-electron chi connectivity index (χ0n) is 21.4. The zero-order chi connectivity index (χ0) is 26.6. The SMILES string of the molecule is CC(=O)Nc1ccc(-n2c(C)cc(/C=N/NC(=O)c3cc(-c4ccccc4)nc4ccccc34)c2C)cc1. The second-order valence-electron chi connectivity index (χ2n) is 9.03. The maximum atomic E-state index is 13.2. The van der Waals surface area contributed by atoms with Crippen molar-refractivity contribution in [1.29, 1.82) is 0 Å². The number of carbonyl (C=O) groups is 2. The molecule has 0 aliphatic carbocycles. The van der Waals surface area contributed by atoms with Gasteiger partial charge in [0.2, 0.25) is 5.91 Å². The summed E-state index contributed by atoms with van der Waals surface area (Å²) in [6.07, 6.45) is 1.66. The summed E-state index contributed by atoms with van der Waals surface area (Å²) in [5.74, 6) is -0.415. The van der Waals surface area contributed by atoms with E-state index in [1.54, 1.807) is 12.3 Å². The van der Waals surface area contributed by atoms with Crippen molar-refractivity contribution in [3.63, 3.8) is 0 Å². The molecule has 7 heteroatoms. The topological polar surface area (TPSA) is 88.4 Å². The molecule has 2 N–H and O–H groups in total. The van der Waals surface area contributed by atoms with Crippen LogP contribution >= 0.6 is 0 Å². The molecule has 0 fully saturated rings. The van der Waals surface area contributed by atoms with Crippen LogP contribution < -0.4 is 10.7 Å². The smallest absolute Gasteiger partial charge is 0.272 e.